The van der Waals surface area contributed by atoms with E-state index in [2.05, 4.69) is 47.3 Å². The topological polar surface area (TPSA) is 55.2 Å². The van der Waals surface area contributed by atoms with Crippen LogP contribution in [0.2, 0.25) is 0 Å². The highest BCUT2D eigenvalue weighted by Gasteiger charge is 2.40. The van der Waals surface area contributed by atoms with Gasteiger partial charge in [-0.25, -0.2) is 8.42 Å². The second-order valence-corrected chi connectivity index (χ2v) is 10.4. The minimum atomic E-state index is -2.94. The fraction of sp³-hybridized carbons (Fsp3) is 0.476. The molecule has 4 rings (SSSR count). The SMILES string of the molecule is Cc1ccc(CN2CC=C(c3cnn([C@@]4(C)CCS(=O)(=O)C4)c3)CC2)cc1. The van der Waals surface area contributed by atoms with Crippen molar-refractivity contribution >= 4 is 15.4 Å². The Morgan fingerprint density at radius 1 is 1.22 bits per heavy atom. The highest BCUT2D eigenvalue weighted by molar-refractivity contribution is 7.91. The molecule has 3 heterocycles. The third kappa shape index (κ3) is 4.01. The van der Waals surface area contributed by atoms with E-state index in [1.807, 2.05) is 24.0 Å². The van der Waals surface area contributed by atoms with Crippen molar-refractivity contribution in [2.45, 2.75) is 38.8 Å². The molecule has 0 saturated carbocycles. The van der Waals surface area contributed by atoms with Crippen molar-refractivity contribution in [3.63, 3.8) is 0 Å². The molecule has 5 nitrogen and oxygen atoms in total. The fourth-order valence-electron chi connectivity index (χ4n) is 4.03. The van der Waals surface area contributed by atoms with Gasteiger partial charge in [-0.2, -0.15) is 5.10 Å². The van der Waals surface area contributed by atoms with Gasteiger partial charge in [0.1, 0.15) is 0 Å². The van der Waals surface area contributed by atoms with Crippen molar-refractivity contribution in [2.24, 2.45) is 0 Å². The summed E-state index contributed by atoms with van der Waals surface area (Å²) >= 11 is 0. The predicted molar refractivity (Wildman–Crippen MR) is 108 cm³/mol. The van der Waals surface area contributed by atoms with Gasteiger partial charge in [-0.3, -0.25) is 9.58 Å². The van der Waals surface area contributed by atoms with Crippen LogP contribution in [0.1, 0.15) is 36.5 Å². The summed E-state index contributed by atoms with van der Waals surface area (Å²) in [6.07, 6.45) is 7.83. The summed E-state index contributed by atoms with van der Waals surface area (Å²) in [7, 11) is -2.94. The summed E-state index contributed by atoms with van der Waals surface area (Å²) in [5, 5.41) is 4.50. The van der Waals surface area contributed by atoms with Crippen LogP contribution < -0.4 is 0 Å². The number of hydrogen-bond acceptors (Lipinski definition) is 4. The molecule has 144 valence electrons. The van der Waals surface area contributed by atoms with E-state index >= 15 is 0 Å². The zero-order chi connectivity index (χ0) is 19.1. The Kier molecular flexibility index (Phi) is 4.72. The second kappa shape index (κ2) is 6.91. The Bertz CT molecular complexity index is 960. The van der Waals surface area contributed by atoms with Crippen LogP contribution >= 0.6 is 0 Å². The van der Waals surface area contributed by atoms with E-state index in [1.54, 1.807) is 0 Å². The number of rotatable bonds is 4. The molecule has 1 fully saturated rings. The van der Waals surface area contributed by atoms with Gasteiger partial charge in [0, 0.05) is 31.4 Å². The molecule has 0 N–H and O–H groups in total. The molecule has 0 aliphatic carbocycles. The molecule has 6 heteroatoms. The van der Waals surface area contributed by atoms with Crippen LogP contribution in [0.3, 0.4) is 0 Å². The molecular weight excluding hydrogens is 358 g/mol. The van der Waals surface area contributed by atoms with Crippen molar-refractivity contribution in [2.75, 3.05) is 24.6 Å². The molecule has 27 heavy (non-hydrogen) atoms. The van der Waals surface area contributed by atoms with Gasteiger partial charge in [0.05, 0.1) is 23.2 Å². The Labute approximate surface area is 161 Å². The molecule has 0 radical (unpaired) electrons. The molecule has 2 aromatic rings. The second-order valence-electron chi connectivity index (χ2n) is 8.21. The summed E-state index contributed by atoms with van der Waals surface area (Å²) in [4.78, 5) is 2.45. The van der Waals surface area contributed by atoms with Crippen LogP contribution in [0.15, 0.2) is 42.7 Å². The molecule has 2 aliphatic rings. The highest BCUT2D eigenvalue weighted by Crippen LogP contribution is 2.31. The van der Waals surface area contributed by atoms with Crippen molar-refractivity contribution < 1.29 is 8.42 Å². The standard InChI is InChI=1S/C21H27N3O2S/c1-17-3-5-18(6-4-17)14-23-10-7-19(8-11-23)20-13-22-24(15-20)21(2)9-12-27(25,26)16-21/h3-7,13,15H,8-12,14,16H2,1-2H3/t21-/m0/s1. The maximum absolute atomic E-state index is 11.9. The zero-order valence-electron chi connectivity index (χ0n) is 16.1. The molecule has 2 aliphatic heterocycles. The van der Waals surface area contributed by atoms with Gasteiger partial charge in [0.15, 0.2) is 9.84 Å². The highest BCUT2D eigenvalue weighted by atomic mass is 32.2. The van der Waals surface area contributed by atoms with Crippen LogP contribution in [0.4, 0.5) is 0 Å². The lowest BCUT2D eigenvalue weighted by atomic mass is 10.0. The van der Waals surface area contributed by atoms with Gasteiger partial charge in [-0.15, -0.1) is 0 Å². The lowest BCUT2D eigenvalue weighted by Crippen LogP contribution is -2.31. The minimum Gasteiger partial charge on any atom is -0.295 e. The molecule has 0 spiro atoms. The third-order valence-corrected chi connectivity index (χ3v) is 7.70. The number of sulfone groups is 1. The summed E-state index contributed by atoms with van der Waals surface area (Å²) in [6, 6.07) is 8.74. The lowest BCUT2D eigenvalue weighted by molar-refractivity contribution is 0.294. The van der Waals surface area contributed by atoms with Crippen molar-refractivity contribution in [3.8, 4) is 0 Å². The van der Waals surface area contributed by atoms with E-state index in [-0.39, 0.29) is 11.5 Å². The molecule has 1 atom stereocenters. The van der Waals surface area contributed by atoms with E-state index in [0.29, 0.717) is 6.42 Å². The average molecular weight is 386 g/mol. The van der Waals surface area contributed by atoms with Crippen molar-refractivity contribution in [3.05, 3.63) is 59.4 Å². The van der Waals surface area contributed by atoms with Gasteiger partial charge in [0.25, 0.3) is 0 Å². The molecular formula is C21H27N3O2S. The van der Waals surface area contributed by atoms with Crippen LogP contribution in [-0.4, -0.2) is 47.7 Å². The van der Waals surface area contributed by atoms with Crippen molar-refractivity contribution in [1.82, 2.24) is 14.7 Å². The number of hydrogen-bond donors (Lipinski definition) is 0. The number of nitrogens with zero attached hydrogens (tertiary/aromatic N) is 3. The number of aromatic nitrogens is 2. The first-order valence-electron chi connectivity index (χ1n) is 9.56. The van der Waals surface area contributed by atoms with Gasteiger partial charge < -0.3 is 0 Å². The first-order valence-corrected chi connectivity index (χ1v) is 11.4. The number of benzene rings is 1. The first kappa shape index (κ1) is 18.4. The number of aryl methyl sites for hydroxylation is 1. The smallest absolute Gasteiger partial charge is 0.152 e. The first-order chi connectivity index (χ1) is 12.8. The van der Waals surface area contributed by atoms with Gasteiger partial charge >= 0.3 is 0 Å². The Morgan fingerprint density at radius 3 is 2.63 bits per heavy atom. The molecule has 0 unspecified atom stereocenters. The predicted octanol–water partition coefficient (Wildman–Crippen LogP) is 3.01. The van der Waals surface area contributed by atoms with Gasteiger partial charge in [-0.1, -0.05) is 35.9 Å². The average Bonchev–Trinajstić information content (AvgIpc) is 3.23. The van der Waals surface area contributed by atoms with Crippen LogP contribution in [0, 0.1) is 6.92 Å². The maximum atomic E-state index is 11.9. The quantitative estimate of drug-likeness (QED) is 0.812. The normalized spacial score (nSPS) is 25.5. The molecule has 1 aromatic heterocycles. The molecule has 0 bridgehead atoms. The Hall–Kier alpha value is -1.92. The van der Waals surface area contributed by atoms with E-state index in [4.69, 9.17) is 0 Å². The Morgan fingerprint density at radius 2 is 2.00 bits per heavy atom. The molecule has 1 aromatic carbocycles. The lowest BCUT2D eigenvalue weighted by Gasteiger charge is -2.26. The van der Waals surface area contributed by atoms with Crippen molar-refractivity contribution in [1.29, 1.82) is 0 Å². The maximum Gasteiger partial charge on any atom is 0.152 e. The van der Waals surface area contributed by atoms with Gasteiger partial charge in [0.2, 0.25) is 0 Å². The summed E-state index contributed by atoms with van der Waals surface area (Å²) in [6.45, 7) is 7.03. The van der Waals surface area contributed by atoms with Crippen LogP contribution in [0.25, 0.3) is 5.57 Å². The van der Waals surface area contributed by atoms with E-state index in [9.17, 15) is 8.42 Å². The van der Waals surface area contributed by atoms with E-state index < -0.39 is 15.4 Å². The van der Waals surface area contributed by atoms with E-state index in [0.717, 1.165) is 31.6 Å². The minimum absolute atomic E-state index is 0.185. The summed E-state index contributed by atoms with van der Waals surface area (Å²) in [5.41, 5.74) is 4.66. The monoisotopic (exact) mass is 385 g/mol. The van der Waals surface area contributed by atoms with Crippen LogP contribution in [0.5, 0.6) is 0 Å². The molecule has 0 amide bonds. The fourth-order valence-corrected chi connectivity index (χ4v) is 6.15. The van der Waals surface area contributed by atoms with Gasteiger partial charge in [-0.05, 0) is 37.8 Å². The molecule has 1 saturated heterocycles. The Balaban J connectivity index is 1.43. The summed E-state index contributed by atoms with van der Waals surface area (Å²) < 4.78 is 25.6. The van der Waals surface area contributed by atoms with E-state index in [1.165, 1.54) is 16.7 Å². The third-order valence-electron chi connectivity index (χ3n) is 5.81. The zero-order valence-corrected chi connectivity index (χ0v) is 16.9. The largest absolute Gasteiger partial charge is 0.295 e. The summed E-state index contributed by atoms with van der Waals surface area (Å²) in [5.74, 6) is 0.444. The van der Waals surface area contributed by atoms with Crippen LogP contribution in [-0.2, 0) is 21.9 Å².